The molecule has 2 rings (SSSR count). The predicted molar refractivity (Wildman–Crippen MR) is 64.4 cm³/mol. The molecule has 0 bridgehead atoms. The van der Waals surface area contributed by atoms with Crippen LogP contribution in [0.5, 0.6) is 0 Å². The Kier molecular flexibility index (Phi) is 3.19. The minimum Gasteiger partial charge on any atom is -0.346 e. The molecule has 0 amide bonds. The minimum atomic E-state index is 0.0242. The molecule has 0 aliphatic heterocycles. The summed E-state index contributed by atoms with van der Waals surface area (Å²) in [5, 5.41) is 0.655. The van der Waals surface area contributed by atoms with E-state index in [0.29, 0.717) is 17.6 Å². The van der Waals surface area contributed by atoms with Crippen LogP contribution in [0.15, 0.2) is 35.5 Å². The molecular formula is C12H15N3O. The Labute approximate surface area is 93.6 Å². The maximum Gasteiger partial charge on any atom is 0.262 e. The van der Waals surface area contributed by atoms with Crippen LogP contribution in [-0.2, 0) is 6.54 Å². The molecule has 0 radical (unpaired) electrons. The fourth-order valence-corrected chi connectivity index (χ4v) is 1.63. The van der Waals surface area contributed by atoms with Gasteiger partial charge in [-0.15, -0.1) is 0 Å². The number of rotatable bonds is 4. The molecule has 2 aromatic rings. The summed E-state index contributed by atoms with van der Waals surface area (Å²) in [5.74, 6) is 0. The van der Waals surface area contributed by atoms with E-state index < -0.39 is 0 Å². The molecule has 1 N–H and O–H groups in total. The quantitative estimate of drug-likeness (QED) is 0.797. The van der Waals surface area contributed by atoms with Gasteiger partial charge in [0.05, 0.1) is 11.7 Å². The molecule has 0 unspecified atom stereocenters. The van der Waals surface area contributed by atoms with Gasteiger partial charge in [0.1, 0.15) is 5.65 Å². The first-order chi connectivity index (χ1) is 7.83. The highest BCUT2D eigenvalue weighted by atomic mass is 16.1. The summed E-state index contributed by atoms with van der Waals surface area (Å²) in [6, 6.07) is 1.77. The largest absolute Gasteiger partial charge is 0.346 e. The Morgan fingerprint density at radius 2 is 2.38 bits per heavy atom. The second-order valence-corrected chi connectivity index (χ2v) is 3.65. The summed E-state index contributed by atoms with van der Waals surface area (Å²) in [4.78, 5) is 19.0. The van der Waals surface area contributed by atoms with E-state index in [1.54, 1.807) is 23.2 Å². The fraction of sp³-hybridized carbons (Fsp3) is 0.333. The highest BCUT2D eigenvalue weighted by Crippen LogP contribution is 2.02. The normalized spacial score (nSPS) is 11.6. The zero-order chi connectivity index (χ0) is 11.4. The monoisotopic (exact) mass is 217 g/mol. The first-order valence-corrected chi connectivity index (χ1v) is 5.50. The third-order valence-electron chi connectivity index (χ3n) is 2.48. The van der Waals surface area contributed by atoms with Crippen molar-refractivity contribution in [1.29, 1.82) is 0 Å². The van der Waals surface area contributed by atoms with E-state index in [9.17, 15) is 4.79 Å². The van der Waals surface area contributed by atoms with E-state index in [2.05, 4.69) is 29.0 Å². The molecule has 0 spiro atoms. The Bertz CT molecular complexity index is 551. The molecule has 4 heteroatoms. The van der Waals surface area contributed by atoms with E-state index in [1.165, 1.54) is 0 Å². The van der Waals surface area contributed by atoms with Crippen molar-refractivity contribution < 1.29 is 0 Å². The van der Waals surface area contributed by atoms with Crippen molar-refractivity contribution in [2.75, 3.05) is 0 Å². The number of nitrogens with zero attached hydrogens (tertiary/aromatic N) is 2. The maximum absolute atomic E-state index is 11.9. The molecule has 16 heavy (non-hydrogen) atoms. The lowest BCUT2D eigenvalue weighted by Gasteiger charge is -2.02. The first-order valence-electron chi connectivity index (χ1n) is 5.50. The van der Waals surface area contributed by atoms with Gasteiger partial charge in [-0.1, -0.05) is 19.1 Å². The topological polar surface area (TPSA) is 50.7 Å². The Morgan fingerprint density at radius 3 is 3.19 bits per heavy atom. The van der Waals surface area contributed by atoms with Gasteiger partial charge in [-0.25, -0.2) is 4.98 Å². The van der Waals surface area contributed by atoms with Gasteiger partial charge in [-0.05, 0) is 18.9 Å². The van der Waals surface area contributed by atoms with Crippen LogP contribution in [0.2, 0.25) is 0 Å². The standard InChI is InChI=1S/C12H15N3O/c1-2-3-4-5-8-15-9-14-11-10(12(15)16)6-7-13-11/h3-4,6-7,9,13H,2,5,8H2,1H3/b4-3+. The SMILES string of the molecule is CC/C=C/CCn1cnc2[nH]ccc2c1=O. The molecule has 0 aliphatic rings. The second kappa shape index (κ2) is 4.79. The average Bonchev–Trinajstić information content (AvgIpc) is 2.76. The molecule has 84 valence electrons. The maximum atomic E-state index is 11.9. The number of nitrogens with one attached hydrogen (secondary N) is 1. The number of aromatic nitrogens is 3. The number of allylic oxidation sites excluding steroid dienone is 2. The molecule has 0 aromatic carbocycles. The molecule has 0 fully saturated rings. The number of hydrogen-bond donors (Lipinski definition) is 1. The lowest BCUT2D eigenvalue weighted by Crippen LogP contribution is -2.19. The Hall–Kier alpha value is -1.84. The molecule has 0 saturated carbocycles. The molecular weight excluding hydrogens is 202 g/mol. The zero-order valence-electron chi connectivity index (χ0n) is 9.31. The Morgan fingerprint density at radius 1 is 1.50 bits per heavy atom. The first kappa shape index (κ1) is 10.7. The van der Waals surface area contributed by atoms with E-state index in [0.717, 1.165) is 12.8 Å². The summed E-state index contributed by atoms with van der Waals surface area (Å²) in [6.45, 7) is 2.78. The van der Waals surface area contributed by atoms with Crippen molar-refractivity contribution >= 4 is 11.0 Å². The van der Waals surface area contributed by atoms with Crippen molar-refractivity contribution in [3.05, 3.63) is 41.1 Å². The van der Waals surface area contributed by atoms with Crippen LogP contribution in [0.3, 0.4) is 0 Å². The lowest BCUT2D eigenvalue weighted by atomic mass is 10.3. The number of hydrogen-bond acceptors (Lipinski definition) is 2. The van der Waals surface area contributed by atoms with Gasteiger partial charge >= 0.3 is 0 Å². The van der Waals surface area contributed by atoms with E-state index in [1.807, 2.05) is 0 Å². The van der Waals surface area contributed by atoms with Gasteiger partial charge in [0, 0.05) is 12.7 Å². The third kappa shape index (κ3) is 2.05. The summed E-state index contributed by atoms with van der Waals surface area (Å²) < 4.78 is 1.65. The summed E-state index contributed by atoms with van der Waals surface area (Å²) in [5.41, 5.74) is 0.682. The highest BCUT2D eigenvalue weighted by molar-refractivity contribution is 5.73. The van der Waals surface area contributed by atoms with E-state index in [-0.39, 0.29) is 5.56 Å². The number of aryl methyl sites for hydroxylation is 1. The summed E-state index contributed by atoms with van der Waals surface area (Å²) >= 11 is 0. The van der Waals surface area contributed by atoms with E-state index >= 15 is 0 Å². The van der Waals surface area contributed by atoms with Crippen LogP contribution in [0.1, 0.15) is 19.8 Å². The Balaban J connectivity index is 2.21. The number of H-pyrrole nitrogens is 1. The second-order valence-electron chi connectivity index (χ2n) is 3.65. The van der Waals surface area contributed by atoms with Gasteiger partial charge < -0.3 is 4.98 Å². The zero-order valence-corrected chi connectivity index (χ0v) is 9.31. The van der Waals surface area contributed by atoms with E-state index in [4.69, 9.17) is 0 Å². The molecule has 0 saturated heterocycles. The van der Waals surface area contributed by atoms with Crippen LogP contribution in [0.4, 0.5) is 0 Å². The van der Waals surface area contributed by atoms with Gasteiger partial charge in [-0.3, -0.25) is 9.36 Å². The number of fused-ring (bicyclic) bond motifs is 1. The van der Waals surface area contributed by atoms with Crippen LogP contribution in [-0.4, -0.2) is 14.5 Å². The van der Waals surface area contributed by atoms with Crippen molar-refractivity contribution in [3.8, 4) is 0 Å². The van der Waals surface area contributed by atoms with Crippen molar-refractivity contribution in [2.24, 2.45) is 0 Å². The molecule has 4 nitrogen and oxygen atoms in total. The molecule has 0 aliphatic carbocycles. The van der Waals surface area contributed by atoms with Gasteiger partial charge in [0.15, 0.2) is 0 Å². The summed E-state index contributed by atoms with van der Waals surface area (Å²) in [7, 11) is 0. The van der Waals surface area contributed by atoms with Crippen LogP contribution in [0, 0.1) is 0 Å². The lowest BCUT2D eigenvalue weighted by molar-refractivity contribution is 0.672. The average molecular weight is 217 g/mol. The van der Waals surface area contributed by atoms with Crippen LogP contribution < -0.4 is 5.56 Å². The smallest absolute Gasteiger partial charge is 0.262 e. The molecule has 0 atom stereocenters. The third-order valence-corrected chi connectivity index (χ3v) is 2.48. The van der Waals surface area contributed by atoms with Crippen LogP contribution in [0.25, 0.3) is 11.0 Å². The highest BCUT2D eigenvalue weighted by Gasteiger charge is 2.02. The predicted octanol–water partition coefficient (Wildman–Crippen LogP) is 2.08. The molecule has 2 aromatic heterocycles. The minimum absolute atomic E-state index is 0.0242. The molecule has 2 heterocycles. The van der Waals surface area contributed by atoms with Gasteiger partial charge in [0.25, 0.3) is 5.56 Å². The van der Waals surface area contributed by atoms with Gasteiger partial charge in [-0.2, -0.15) is 0 Å². The summed E-state index contributed by atoms with van der Waals surface area (Å²) in [6.07, 6.45) is 9.43. The van der Waals surface area contributed by atoms with Crippen molar-refractivity contribution in [2.45, 2.75) is 26.3 Å². The number of aromatic amines is 1. The fourth-order valence-electron chi connectivity index (χ4n) is 1.63. The van der Waals surface area contributed by atoms with Crippen LogP contribution >= 0.6 is 0 Å². The van der Waals surface area contributed by atoms with Gasteiger partial charge in [0.2, 0.25) is 0 Å². The van der Waals surface area contributed by atoms with Crippen molar-refractivity contribution in [3.63, 3.8) is 0 Å². The van der Waals surface area contributed by atoms with Crippen molar-refractivity contribution in [1.82, 2.24) is 14.5 Å².